The summed E-state index contributed by atoms with van der Waals surface area (Å²) in [5.74, 6) is -0.214. The largest absolute Gasteiger partial charge is 0.436 e. The highest BCUT2D eigenvalue weighted by Crippen LogP contribution is 2.15. The van der Waals surface area contributed by atoms with Gasteiger partial charge in [-0.05, 0) is 31.2 Å². The SMILES string of the molecule is CC(C)CCC(OC(=O)N1CCOCC1)C(=O)NC(C)(C#N)OCc1ccccc1. The summed E-state index contributed by atoms with van der Waals surface area (Å²) in [6.07, 6.45) is -0.496. The van der Waals surface area contributed by atoms with Crippen LogP contribution in [0.3, 0.4) is 0 Å². The van der Waals surface area contributed by atoms with Crippen LogP contribution in [0.15, 0.2) is 30.3 Å². The Morgan fingerprint density at radius 2 is 1.90 bits per heavy atom. The fraction of sp³-hybridized carbons (Fsp3) is 0.591. The zero-order valence-electron chi connectivity index (χ0n) is 17.9. The molecule has 0 aliphatic carbocycles. The first-order chi connectivity index (χ1) is 14.3. The highest BCUT2D eigenvalue weighted by Gasteiger charge is 2.33. The molecule has 1 aromatic carbocycles. The summed E-state index contributed by atoms with van der Waals surface area (Å²) < 4.78 is 16.4. The number of hydrogen-bond acceptors (Lipinski definition) is 6. The lowest BCUT2D eigenvalue weighted by atomic mass is 10.0. The van der Waals surface area contributed by atoms with Gasteiger partial charge >= 0.3 is 6.09 Å². The first-order valence-corrected chi connectivity index (χ1v) is 10.3. The number of amides is 2. The molecule has 1 aliphatic rings. The van der Waals surface area contributed by atoms with Crippen LogP contribution < -0.4 is 5.32 Å². The van der Waals surface area contributed by atoms with Crippen LogP contribution in [0.25, 0.3) is 0 Å². The van der Waals surface area contributed by atoms with E-state index in [1.807, 2.05) is 50.2 Å². The number of nitriles is 1. The van der Waals surface area contributed by atoms with E-state index in [0.717, 1.165) is 5.56 Å². The molecule has 1 N–H and O–H groups in total. The van der Waals surface area contributed by atoms with Crippen molar-refractivity contribution in [3.05, 3.63) is 35.9 Å². The molecule has 8 heteroatoms. The molecule has 2 amide bonds. The maximum Gasteiger partial charge on any atom is 0.410 e. The van der Waals surface area contributed by atoms with Crippen LogP contribution in [0.2, 0.25) is 0 Å². The molecule has 164 valence electrons. The molecule has 2 unspecified atom stereocenters. The van der Waals surface area contributed by atoms with Gasteiger partial charge in [0.15, 0.2) is 6.10 Å². The number of morpholine rings is 1. The van der Waals surface area contributed by atoms with Gasteiger partial charge in [-0.1, -0.05) is 44.2 Å². The maximum absolute atomic E-state index is 12.9. The third-order valence-corrected chi connectivity index (χ3v) is 4.76. The van der Waals surface area contributed by atoms with Crippen molar-refractivity contribution in [2.24, 2.45) is 5.92 Å². The van der Waals surface area contributed by atoms with Gasteiger partial charge in [0.05, 0.1) is 19.8 Å². The molecule has 0 radical (unpaired) electrons. The second kappa shape index (κ2) is 11.5. The van der Waals surface area contributed by atoms with Crippen molar-refractivity contribution < 1.29 is 23.8 Å². The number of benzene rings is 1. The first-order valence-electron chi connectivity index (χ1n) is 10.3. The number of carbonyl (C=O) groups is 2. The Labute approximate surface area is 178 Å². The van der Waals surface area contributed by atoms with E-state index in [-0.39, 0.29) is 6.61 Å². The number of ether oxygens (including phenoxy) is 3. The van der Waals surface area contributed by atoms with Gasteiger partial charge in [-0.3, -0.25) is 4.79 Å². The Hall–Kier alpha value is -2.63. The van der Waals surface area contributed by atoms with Gasteiger partial charge in [0.25, 0.3) is 5.91 Å². The number of rotatable bonds is 9. The Bertz CT molecular complexity index is 728. The van der Waals surface area contributed by atoms with Crippen LogP contribution in [0.5, 0.6) is 0 Å². The molecule has 1 aromatic rings. The van der Waals surface area contributed by atoms with Gasteiger partial charge in [0, 0.05) is 13.1 Å². The van der Waals surface area contributed by atoms with Crippen LogP contribution in [-0.4, -0.2) is 55.0 Å². The summed E-state index contributed by atoms with van der Waals surface area (Å²) in [5.41, 5.74) is -0.669. The highest BCUT2D eigenvalue weighted by molar-refractivity contribution is 5.84. The Kier molecular flexibility index (Phi) is 9.09. The number of hydrogen-bond donors (Lipinski definition) is 1. The van der Waals surface area contributed by atoms with Crippen molar-refractivity contribution in [3.8, 4) is 6.07 Å². The van der Waals surface area contributed by atoms with Crippen molar-refractivity contribution in [3.63, 3.8) is 0 Å². The molecule has 0 saturated carbocycles. The molecule has 30 heavy (non-hydrogen) atoms. The molecule has 2 rings (SSSR count). The third-order valence-electron chi connectivity index (χ3n) is 4.76. The van der Waals surface area contributed by atoms with E-state index in [4.69, 9.17) is 14.2 Å². The zero-order chi connectivity index (χ0) is 22.0. The number of carbonyl (C=O) groups excluding carboxylic acids is 2. The molecule has 1 fully saturated rings. The Morgan fingerprint density at radius 3 is 2.50 bits per heavy atom. The average molecular weight is 418 g/mol. The van der Waals surface area contributed by atoms with E-state index in [9.17, 15) is 14.9 Å². The van der Waals surface area contributed by atoms with Crippen LogP contribution in [0, 0.1) is 17.2 Å². The minimum atomic E-state index is -1.55. The second-order valence-corrected chi connectivity index (χ2v) is 7.85. The molecule has 0 spiro atoms. The molecule has 8 nitrogen and oxygen atoms in total. The quantitative estimate of drug-likeness (QED) is 0.620. The fourth-order valence-electron chi connectivity index (χ4n) is 2.88. The summed E-state index contributed by atoms with van der Waals surface area (Å²) in [6, 6.07) is 11.4. The van der Waals surface area contributed by atoms with Gasteiger partial charge in [-0.25, -0.2) is 4.79 Å². The molecule has 1 heterocycles. The summed E-state index contributed by atoms with van der Waals surface area (Å²) in [5, 5.41) is 12.2. The van der Waals surface area contributed by atoms with E-state index in [1.165, 1.54) is 11.8 Å². The number of nitrogens with one attached hydrogen (secondary N) is 1. The van der Waals surface area contributed by atoms with Gasteiger partial charge in [0.2, 0.25) is 5.72 Å². The zero-order valence-corrected chi connectivity index (χ0v) is 17.9. The van der Waals surface area contributed by atoms with E-state index in [0.29, 0.717) is 45.1 Å². The van der Waals surface area contributed by atoms with E-state index < -0.39 is 23.8 Å². The minimum absolute atomic E-state index is 0.162. The summed E-state index contributed by atoms with van der Waals surface area (Å²) >= 11 is 0. The van der Waals surface area contributed by atoms with Gasteiger partial charge in [-0.15, -0.1) is 0 Å². The number of nitrogens with zero attached hydrogens (tertiary/aromatic N) is 2. The lowest BCUT2D eigenvalue weighted by molar-refractivity contribution is -0.138. The summed E-state index contributed by atoms with van der Waals surface area (Å²) in [4.78, 5) is 26.9. The van der Waals surface area contributed by atoms with Gasteiger partial charge < -0.3 is 24.4 Å². The van der Waals surface area contributed by atoms with Crippen LogP contribution in [-0.2, 0) is 25.6 Å². The molecule has 2 atom stereocenters. The van der Waals surface area contributed by atoms with E-state index in [1.54, 1.807) is 0 Å². The highest BCUT2D eigenvalue weighted by atomic mass is 16.6. The molecular weight excluding hydrogens is 386 g/mol. The van der Waals surface area contributed by atoms with E-state index in [2.05, 4.69) is 5.32 Å². The molecular formula is C22H31N3O5. The Morgan fingerprint density at radius 1 is 1.23 bits per heavy atom. The van der Waals surface area contributed by atoms with Crippen molar-refractivity contribution >= 4 is 12.0 Å². The van der Waals surface area contributed by atoms with Gasteiger partial charge in [0.1, 0.15) is 6.07 Å². The summed E-state index contributed by atoms with van der Waals surface area (Å²) in [6.45, 7) is 7.44. The van der Waals surface area contributed by atoms with Gasteiger partial charge in [-0.2, -0.15) is 5.26 Å². The van der Waals surface area contributed by atoms with Crippen LogP contribution >= 0.6 is 0 Å². The summed E-state index contributed by atoms with van der Waals surface area (Å²) in [7, 11) is 0. The molecule has 1 aliphatic heterocycles. The minimum Gasteiger partial charge on any atom is -0.436 e. The lowest BCUT2D eigenvalue weighted by Crippen LogP contribution is -2.52. The Balaban J connectivity index is 2.01. The lowest BCUT2D eigenvalue weighted by Gasteiger charge is -2.30. The predicted octanol–water partition coefficient (Wildman–Crippen LogP) is 2.83. The standard InChI is InChI=1S/C22H31N3O5/c1-17(2)9-10-19(30-21(27)25-11-13-28-14-12-25)20(26)24-22(3,16-23)29-15-18-7-5-4-6-8-18/h4-8,17,19H,9-15H2,1-3H3,(H,24,26). The first kappa shape index (κ1) is 23.6. The van der Waals surface area contributed by atoms with E-state index >= 15 is 0 Å². The smallest absolute Gasteiger partial charge is 0.410 e. The molecule has 0 bridgehead atoms. The van der Waals surface area contributed by atoms with Crippen molar-refractivity contribution in [2.45, 2.75) is 52.0 Å². The third kappa shape index (κ3) is 7.65. The maximum atomic E-state index is 12.9. The predicted molar refractivity (Wildman–Crippen MR) is 110 cm³/mol. The molecule has 1 saturated heterocycles. The topological polar surface area (TPSA) is 101 Å². The van der Waals surface area contributed by atoms with Crippen LogP contribution in [0.1, 0.15) is 39.2 Å². The monoisotopic (exact) mass is 417 g/mol. The second-order valence-electron chi connectivity index (χ2n) is 7.85. The van der Waals surface area contributed by atoms with Crippen molar-refractivity contribution in [2.75, 3.05) is 26.3 Å². The van der Waals surface area contributed by atoms with Crippen molar-refractivity contribution in [1.82, 2.24) is 10.2 Å². The average Bonchev–Trinajstić information content (AvgIpc) is 2.76. The van der Waals surface area contributed by atoms with Crippen LogP contribution in [0.4, 0.5) is 4.79 Å². The fourth-order valence-corrected chi connectivity index (χ4v) is 2.88. The molecule has 0 aromatic heterocycles. The van der Waals surface area contributed by atoms with Crippen molar-refractivity contribution in [1.29, 1.82) is 5.26 Å². The normalized spacial score (nSPS) is 17.0.